The predicted molar refractivity (Wildman–Crippen MR) is 44.1 cm³/mol. The third kappa shape index (κ3) is 1.39. The van der Waals surface area contributed by atoms with E-state index in [1.165, 1.54) is 0 Å². The summed E-state index contributed by atoms with van der Waals surface area (Å²) < 4.78 is 0. The molecule has 1 nitrogen and oxygen atoms in total. The smallest absolute Gasteiger partial charge is 0.178 e. The molecule has 1 rings (SSSR count). The van der Waals surface area contributed by atoms with Crippen molar-refractivity contribution in [1.82, 2.24) is 0 Å². The van der Waals surface area contributed by atoms with Crippen LogP contribution in [0.1, 0.15) is 15.2 Å². The fourth-order valence-corrected chi connectivity index (χ4v) is 1.61. The van der Waals surface area contributed by atoms with Crippen LogP contribution in [0.15, 0.2) is 11.4 Å². The van der Waals surface area contributed by atoms with Gasteiger partial charge in [-0.25, -0.2) is 0 Å². The Morgan fingerprint density at radius 2 is 2.50 bits per heavy atom. The zero-order chi connectivity index (χ0) is 7.56. The fraction of sp³-hybridized carbons (Fsp3) is 0.286. The first kappa shape index (κ1) is 7.76. The highest BCUT2D eigenvalue weighted by atomic mass is 35.5. The van der Waals surface area contributed by atoms with Crippen molar-refractivity contribution >= 4 is 28.7 Å². The van der Waals surface area contributed by atoms with Crippen molar-refractivity contribution in [3.8, 4) is 0 Å². The minimum atomic E-state index is 0.0143. The van der Waals surface area contributed by atoms with Crippen LogP contribution in [0.4, 0.5) is 0 Å². The summed E-state index contributed by atoms with van der Waals surface area (Å²) in [4.78, 5) is 12.0. The number of alkyl halides is 1. The highest BCUT2D eigenvalue weighted by Crippen LogP contribution is 2.15. The molecule has 0 aromatic carbocycles. The highest BCUT2D eigenvalue weighted by molar-refractivity contribution is 7.10. The van der Waals surface area contributed by atoms with E-state index in [4.69, 9.17) is 11.6 Å². The van der Waals surface area contributed by atoms with Crippen LogP contribution in [0.5, 0.6) is 0 Å². The van der Waals surface area contributed by atoms with Crippen molar-refractivity contribution in [3.63, 3.8) is 0 Å². The number of ketones is 1. The summed E-state index contributed by atoms with van der Waals surface area (Å²) in [5.74, 6) is 0.0952. The molecule has 0 unspecified atom stereocenters. The molecular weight excluding hydrogens is 168 g/mol. The van der Waals surface area contributed by atoms with Gasteiger partial charge in [0.25, 0.3) is 0 Å². The Morgan fingerprint density at radius 1 is 1.80 bits per heavy atom. The van der Waals surface area contributed by atoms with E-state index in [0.717, 1.165) is 10.4 Å². The number of aryl methyl sites for hydroxylation is 1. The van der Waals surface area contributed by atoms with Crippen molar-refractivity contribution in [1.29, 1.82) is 0 Å². The molecular formula is C7H7ClOS. The predicted octanol–water partition coefficient (Wildman–Crippen LogP) is 2.48. The van der Waals surface area contributed by atoms with E-state index in [9.17, 15) is 4.79 Å². The summed E-state index contributed by atoms with van der Waals surface area (Å²) in [5, 5.41) is 1.90. The normalized spacial score (nSPS) is 9.80. The van der Waals surface area contributed by atoms with Crippen molar-refractivity contribution in [2.75, 3.05) is 5.88 Å². The number of hydrogen-bond acceptors (Lipinski definition) is 2. The lowest BCUT2D eigenvalue weighted by Crippen LogP contribution is -1.99. The van der Waals surface area contributed by atoms with Crippen molar-refractivity contribution < 1.29 is 4.79 Å². The monoisotopic (exact) mass is 174 g/mol. The molecule has 0 amide bonds. The Kier molecular flexibility index (Phi) is 2.46. The third-order valence-electron chi connectivity index (χ3n) is 1.28. The van der Waals surface area contributed by atoms with Gasteiger partial charge in [0.2, 0.25) is 0 Å². The van der Waals surface area contributed by atoms with Crippen LogP contribution >= 0.6 is 22.9 Å². The molecule has 3 heteroatoms. The molecule has 0 fully saturated rings. The summed E-state index contributed by atoms with van der Waals surface area (Å²) in [5.41, 5.74) is 0.764. The molecule has 10 heavy (non-hydrogen) atoms. The highest BCUT2D eigenvalue weighted by Gasteiger charge is 2.06. The molecule has 0 aliphatic heterocycles. The maximum absolute atomic E-state index is 11.0. The second-order valence-corrected chi connectivity index (χ2v) is 3.33. The summed E-state index contributed by atoms with van der Waals surface area (Å²) in [6, 6.07) is 1.81. The molecule has 0 radical (unpaired) electrons. The quantitative estimate of drug-likeness (QED) is 0.497. The second kappa shape index (κ2) is 3.17. The molecule has 0 saturated carbocycles. The van der Waals surface area contributed by atoms with Gasteiger partial charge in [0.05, 0.1) is 5.88 Å². The van der Waals surface area contributed by atoms with Gasteiger partial charge in [-0.3, -0.25) is 4.79 Å². The number of Topliss-reactive ketones (excluding diaryl/α,β-unsaturated/α-hetero) is 1. The SMILES string of the molecule is Cc1sccc1C(=O)CCl. The lowest BCUT2D eigenvalue weighted by Gasteiger charge is -1.91. The number of carbonyl (C=O) groups excluding carboxylic acids is 1. The van der Waals surface area contributed by atoms with E-state index in [1.807, 2.05) is 18.4 Å². The van der Waals surface area contributed by atoms with Gasteiger partial charge >= 0.3 is 0 Å². The Bertz CT molecular complexity index is 242. The first-order valence-corrected chi connectivity index (χ1v) is 4.30. The summed E-state index contributed by atoms with van der Waals surface area (Å²) >= 11 is 6.94. The zero-order valence-corrected chi connectivity index (χ0v) is 7.13. The van der Waals surface area contributed by atoms with Gasteiger partial charge < -0.3 is 0 Å². The van der Waals surface area contributed by atoms with E-state index in [1.54, 1.807) is 11.3 Å². The molecule has 0 aliphatic carbocycles. The average Bonchev–Trinajstić information content (AvgIpc) is 2.34. The Labute approximate surface area is 68.6 Å². The van der Waals surface area contributed by atoms with E-state index in [0.29, 0.717) is 0 Å². The molecule has 0 atom stereocenters. The van der Waals surface area contributed by atoms with Crippen LogP contribution in [-0.2, 0) is 0 Å². The van der Waals surface area contributed by atoms with Gasteiger partial charge in [-0.2, -0.15) is 0 Å². The van der Waals surface area contributed by atoms with Crippen molar-refractivity contribution in [2.24, 2.45) is 0 Å². The maximum Gasteiger partial charge on any atom is 0.178 e. The van der Waals surface area contributed by atoms with Crippen LogP contribution < -0.4 is 0 Å². The fourth-order valence-electron chi connectivity index (χ4n) is 0.746. The Hall–Kier alpha value is -0.340. The topological polar surface area (TPSA) is 17.1 Å². The zero-order valence-electron chi connectivity index (χ0n) is 5.56. The molecule has 1 heterocycles. The molecule has 0 N–H and O–H groups in total. The van der Waals surface area contributed by atoms with Gasteiger partial charge in [-0.15, -0.1) is 22.9 Å². The Morgan fingerprint density at radius 3 is 2.90 bits per heavy atom. The molecule has 1 aromatic rings. The van der Waals surface area contributed by atoms with Crippen LogP contribution in [0.25, 0.3) is 0 Å². The number of thiophene rings is 1. The standard InChI is InChI=1S/C7H7ClOS/c1-5-6(2-3-10-5)7(9)4-8/h2-3H,4H2,1H3. The summed E-state index contributed by atoms with van der Waals surface area (Å²) in [6.45, 7) is 1.92. The summed E-state index contributed by atoms with van der Waals surface area (Å²) in [7, 11) is 0. The summed E-state index contributed by atoms with van der Waals surface area (Å²) in [6.07, 6.45) is 0. The van der Waals surface area contributed by atoms with Gasteiger partial charge in [0.15, 0.2) is 5.78 Å². The molecule has 0 spiro atoms. The van der Waals surface area contributed by atoms with Crippen LogP contribution in [0, 0.1) is 6.92 Å². The number of hydrogen-bond donors (Lipinski definition) is 0. The first-order valence-electron chi connectivity index (χ1n) is 2.89. The molecule has 54 valence electrons. The number of halogens is 1. The maximum atomic E-state index is 11.0. The van der Waals surface area contributed by atoms with Gasteiger partial charge in [0.1, 0.15) is 0 Å². The van der Waals surface area contributed by atoms with Crippen LogP contribution in [-0.4, -0.2) is 11.7 Å². The van der Waals surface area contributed by atoms with Gasteiger partial charge in [-0.1, -0.05) is 0 Å². The van der Waals surface area contributed by atoms with Crippen molar-refractivity contribution in [2.45, 2.75) is 6.92 Å². The second-order valence-electron chi connectivity index (χ2n) is 1.95. The van der Waals surface area contributed by atoms with E-state index in [-0.39, 0.29) is 11.7 Å². The van der Waals surface area contributed by atoms with Gasteiger partial charge in [0, 0.05) is 10.4 Å². The molecule has 0 bridgehead atoms. The number of rotatable bonds is 2. The lowest BCUT2D eigenvalue weighted by atomic mass is 10.2. The van der Waals surface area contributed by atoms with E-state index in [2.05, 4.69) is 0 Å². The first-order chi connectivity index (χ1) is 4.75. The third-order valence-corrected chi connectivity index (χ3v) is 2.37. The molecule has 0 aliphatic rings. The minimum Gasteiger partial charge on any atom is -0.293 e. The van der Waals surface area contributed by atoms with Crippen LogP contribution in [0.2, 0.25) is 0 Å². The molecule has 0 saturated heterocycles. The largest absolute Gasteiger partial charge is 0.293 e. The number of carbonyl (C=O) groups is 1. The lowest BCUT2D eigenvalue weighted by molar-refractivity contribution is 0.102. The van der Waals surface area contributed by atoms with Crippen LogP contribution in [0.3, 0.4) is 0 Å². The minimum absolute atomic E-state index is 0.0143. The van der Waals surface area contributed by atoms with E-state index < -0.39 is 0 Å². The average molecular weight is 175 g/mol. The Balaban J connectivity index is 2.93. The molecule has 1 aromatic heterocycles. The van der Waals surface area contributed by atoms with E-state index >= 15 is 0 Å². The van der Waals surface area contributed by atoms with Gasteiger partial charge in [-0.05, 0) is 18.4 Å². The van der Waals surface area contributed by atoms with Crippen molar-refractivity contribution in [3.05, 3.63) is 21.9 Å².